The van der Waals surface area contributed by atoms with Crippen LogP contribution in [-0.4, -0.2) is 34.8 Å². The average Bonchev–Trinajstić information content (AvgIpc) is 2.94. The van der Waals surface area contributed by atoms with Crippen molar-refractivity contribution in [2.45, 2.75) is 39.8 Å². The number of nitrogens with zero attached hydrogens (tertiary/aromatic N) is 2. The number of carbonyl (C=O) groups excluding carboxylic acids is 2. The molecule has 3 amide bonds. The number of para-hydroxylation sites is 1. The van der Waals surface area contributed by atoms with Gasteiger partial charge in [-0.3, -0.25) is 9.59 Å². The lowest BCUT2D eigenvalue weighted by atomic mass is 10.1. The molecule has 0 unspecified atom stereocenters. The van der Waals surface area contributed by atoms with Crippen molar-refractivity contribution < 1.29 is 18.4 Å². The predicted molar refractivity (Wildman–Crippen MR) is 150 cm³/mol. The van der Waals surface area contributed by atoms with E-state index < -0.39 is 11.8 Å². The molecule has 1 heterocycles. The summed E-state index contributed by atoms with van der Waals surface area (Å²) in [5.74, 6) is -0.904. The van der Waals surface area contributed by atoms with Gasteiger partial charge in [0.15, 0.2) is 5.43 Å². The summed E-state index contributed by atoms with van der Waals surface area (Å²) in [5, 5.41) is 3.03. The number of benzene rings is 3. The number of urea groups is 1. The van der Waals surface area contributed by atoms with Gasteiger partial charge >= 0.3 is 6.03 Å². The molecular formula is C31H32FN3O4. The van der Waals surface area contributed by atoms with Crippen molar-refractivity contribution in [3.8, 4) is 0 Å². The first-order valence-corrected chi connectivity index (χ1v) is 13.0. The van der Waals surface area contributed by atoms with Crippen LogP contribution in [-0.2, 0) is 17.9 Å². The highest BCUT2D eigenvalue weighted by atomic mass is 19.1. The number of anilines is 1. The Morgan fingerprint density at radius 3 is 2.44 bits per heavy atom. The van der Waals surface area contributed by atoms with E-state index in [4.69, 9.17) is 4.42 Å². The minimum absolute atomic E-state index is 0.0104. The lowest BCUT2D eigenvalue weighted by Crippen LogP contribution is -2.45. The maximum absolute atomic E-state index is 14.2. The molecule has 8 heteroatoms. The number of hydrogen-bond donors (Lipinski definition) is 1. The van der Waals surface area contributed by atoms with Gasteiger partial charge in [0.25, 0.3) is 0 Å². The quantitative estimate of drug-likeness (QED) is 0.269. The summed E-state index contributed by atoms with van der Waals surface area (Å²) < 4.78 is 19.9. The van der Waals surface area contributed by atoms with Crippen LogP contribution in [0.25, 0.3) is 11.0 Å². The lowest BCUT2D eigenvalue weighted by molar-refractivity contribution is -0.133. The summed E-state index contributed by atoms with van der Waals surface area (Å²) in [5.41, 5.74) is 2.46. The van der Waals surface area contributed by atoms with Crippen LogP contribution in [0.1, 0.15) is 36.5 Å². The lowest BCUT2D eigenvalue weighted by Gasteiger charge is -2.28. The summed E-state index contributed by atoms with van der Waals surface area (Å²) in [4.78, 5) is 43.0. The van der Waals surface area contributed by atoms with Crippen LogP contribution in [0, 0.1) is 12.7 Å². The first-order valence-electron chi connectivity index (χ1n) is 13.0. The van der Waals surface area contributed by atoms with E-state index >= 15 is 0 Å². The van der Waals surface area contributed by atoms with E-state index in [1.807, 2.05) is 50.2 Å². The van der Waals surface area contributed by atoms with Crippen molar-refractivity contribution in [2.75, 3.05) is 18.4 Å². The number of hydrogen-bond acceptors (Lipinski definition) is 4. The third kappa shape index (κ3) is 7.10. The summed E-state index contributed by atoms with van der Waals surface area (Å²) in [7, 11) is 0. The number of amides is 3. The fourth-order valence-electron chi connectivity index (χ4n) is 4.26. The van der Waals surface area contributed by atoms with E-state index in [-0.39, 0.29) is 36.7 Å². The maximum atomic E-state index is 14.2. The SMILES string of the molecule is CCCCN(CC(=O)N(Cc1ccccc1)Cc1coc2ccc(C)cc2c1=O)C(=O)Nc1ccccc1F. The van der Waals surface area contributed by atoms with Crippen LogP contribution in [0.2, 0.25) is 0 Å². The number of fused-ring (bicyclic) bond motifs is 1. The number of nitrogens with one attached hydrogen (secondary N) is 1. The molecule has 0 spiro atoms. The fraction of sp³-hybridized carbons (Fsp3) is 0.258. The second-order valence-electron chi connectivity index (χ2n) is 9.51. The van der Waals surface area contributed by atoms with Crippen LogP contribution in [0.15, 0.2) is 88.3 Å². The Hall–Kier alpha value is -4.46. The summed E-state index contributed by atoms with van der Waals surface area (Å²) >= 11 is 0. The normalized spacial score (nSPS) is 10.8. The second-order valence-corrected chi connectivity index (χ2v) is 9.51. The molecule has 0 radical (unpaired) electrons. The highest BCUT2D eigenvalue weighted by Crippen LogP contribution is 2.17. The van der Waals surface area contributed by atoms with Gasteiger partial charge in [0, 0.05) is 13.1 Å². The molecule has 7 nitrogen and oxygen atoms in total. The molecule has 4 aromatic rings. The van der Waals surface area contributed by atoms with Gasteiger partial charge in [0.1, 0.15) is 17.9 Å². The zero-order chi connectivity index (χ0) is 27.8. The Morgan fingerprint density at radius 1 is 0.949 bits per heavy atom. The van der Waals surface area contributed by atoms with Gasteiger partial charge in [-0.15, -0.1) is 0 Å². The molecule has 4 rings (SSSR count). The summed E-state index contributed by atoms with van der Waals surface area (Å²) in [6, 6.07) is 20.1. The van der Waals surface area contributed by atoms with Crippen LogP contribution < -0.4 is 10.7 Å². The highest BCUT2D eigenvalue weighted by Gasteiger charge is 2.23. The molecule has 0 aliphatic carbocycles. The minimum Gasteiger partial charge on any atom is -0.464 e. The highest BCUT2D eigenvalue weighted by molar-refractivity contribution is 5.92. The number of aryl methyl sites for hydroxylation is 1. The monoisotopic (exact) mass is 529 g/mol. The van der Waals surface area contributed by atoms with Crippen molar-refractivity contribution in [1.29, 1.82) is 0 Å². The number of rotatable bonds is 10. The Morgan fingerprint density at radius 2 is 1.69 bits per heavy atom. The first kappa shape index (κ1) is 27.6. The van der Waals surface area contributed by atoms with Gasteiger partial charge in [-0.1, -0.05) is 67.4 Å². The van der Waals surface area contributed by atoms with Crippen LogP contribution in [0.4, 0.5) is 14.9 Å². The van der Waals surface area contributed by atoms with E-state index in [1.165, 1.54) is 29.4 Å². The molecule has 0 saturated heterocycles. The van der Waals surface area contributed by atoms with E-state index in [2.05, 4.69) is 5.32 Å². The fourth-order valence-corrected chi connectivity index (χ4v) is 4.26. The predicted octanol–water partition coefficient (Wildman–Crippen LogP) is 6.10. The molecule has 202 valence electrons. The zero-order valence-corrected chi connectivity index (χ0v) is 22.2. The van der Waals surface area contributed by atoms with Gasteiger partial charge in [0.05, 0.1) is 29.4 Å². The number of carbonyl (C=O) groups is 2. The van der Waals surface area contributed by atoms with Crippen molar-refractivity contribution >= 4 is 28.6 Å². The number of unbranched alkanes of at least 4 members (excludes halogenated alkanes) is 1. The minimum atomic E-state index is -0.567. The molecular weight excluding hydrogens is 497 g/mol. The topological polar surface area (TPSA) is 82.9 Å². The van der Waals surface area contributed by atoms with E-state index in [9.17, 15) is 18.8 Å². The van der Waals surface area contributed by atoms with E-state index in [0.29, 0.717) is 29.5 Å². The molecule has 0 aliphatic rings. The molecule has 1 aromatic heterocycles. The molecule has 1 N–H and O–H groups in total. The average molecular weight is 530 g/mol. The van der Waals surface area contributed by atoms with Crippen molar-refractivity contribution in [2.24, 2.45) is 0 Å². The molecule has 0 bridgehead atoms. The third-order valence-electron chi connectivity index (χ3n) is 6.44. The Labute approximate surface area is 226 Å². The van der Waals surface area contributed by atoms with Gasteiger partial charge in [0.2, 0.25) is 5.91 Å². The smallest absolute Gasteiger partial charge is 0.322 e. The molecule has 3 aromatic carbocycles. The van der Waals surface area contributed by atoms with Gasteiger partial charge in [-0.2, -0.15) is 0 Å². The Bertz CT molecular complexity index is 1500. The summed E-state index contributed by atoms with van der Waals surface area (Å²) in [6.07, 6.45) is 2.87. The maximum Gasteiger partial charge on any atom is 0.322 e. The van der Waals surface area contributed by atoms with Crippen LogP contribution in [0.3, 0.4) is 0 Å². The molecule has 0 saturated carbocycles. The Balaban J connectivity index is 1.60. The molecule has 0 aliphatic heterocycles. The molecule has 0 atom stereocenters. The van der Waals surface area contributed by atoms with Gasteiger partial charge in [-0.05, 0) is 43.2 Å². The van der Waals surface area contributed by atoms with Crippen molar-refractivity contribution in [1.82, 2.24) is 9.80 Å². The zero-order valence-electron chi connectivity index (χ0n) is 22.2. The van der Waals surface area contributed by atoms with E-state index in [0.717, 1.165) is 17.5 Å². The summed E-state index contributed by atoms with van der Waals surface area (Å²) in [6.45, 7) is 4.22. The van der Waals surface area contributed by atoms with Crippen molar-refractivity contribution in [3.63, 3.8) is 0 Å². The molecule has 39 heavy (non-hydrogen) atoms. The third-order valence-corrected chi connectivity index (χ3v) is 6.44. The van der Waals surface area contributed by atoms with Gasteiger partial charge in [-0.25, -0.2) is 9.18 Å². The van der Waals surface area contributed by atoms with E-state index in [1.54, 1.807) is 23.1 Å². The van der Waals surface area contributed by atoms with Crippen LogP contribution >= 0.6 is 0 Å². The molecule has 0 fully saturated rings. The first-order chi connectivity index (χ1) is 18.9. The Kier molecular flexibility index (Phi) is 9.10. The second kappa shape index (κ2) is 12.9. The largest absolute Gasteiger partial charge is 0.464 e. The number of halogens is 1. The standard InChI is InChI=1S/C31H32FN3O4/c1-3-4-16-34(31(38)33-27-13-9-8-12-26(27)32)20-29(36)35(18-23-10-6-5-7-11-23)19-24-21-39-28-15-14-22(2)17-25(28)30(24)37/h5-15,17,21H,3-4,16,18-20H2,1-2H3,(H,33,38). The van der Waals surface area contributed by atoms with Gasteiger partial charge < -0.3 is 19.5 Å². The van der Waals surface area contributed by atoms with Crippen molar-refractivity contribution in [3.05, 3.63) is 112 Å². The van der Waals surface area contributed by atoms with Crippen LogP contribution in [0.5, 0.6) is 0 Å².